The molecule has 1 amide bonds. The molecule has 1 aromatic rings. The van der Waals surface area contributed by atoms with Crippen LogP contribution in [0.4, 0.5) is 5.69 Å². The number of ether oxygens (including phenoxy) is 1. The van der Waals surface area contributed by atoms with E-state index in [2.05, 4.69) is 0 Å². The van der Waals surface area contributed by atoms with Gasteiger partial charge in [-0.05, 0) is 47.0 Å². The first kappa shape index (κ1) is 21.4. The normalized spacial score (nSPS) is 11.3. The number of phenolic OH excluding ortho intramolecular Hbond substituents is 1. The number of rotatable bonds is 7. The first-order valence-corrected chi connectivity index (χ1v) is 8.04. The van der Waals surface area contributed by atoms with Crippen molar-refractivity contribution in [3.05, 3.63) is 33.9 Å². The molecular weight excluding hydrogens is 342 g/mol. The van der Waals surface area contributed by atoms with Crippen molar-refractivity contribution in [3.63, 3.8) is 0 Å². The second-order valence-corrected chi connectivity index (χ2v) is 7.07. The Kier molecular flexibility index (Phi) is 7.08. The minimum atomic E-state index is -0.745. The molecule has 0 aromatic heterocycles. The molecule has 0 aliphatic heterocycles. The average Bonchev–Trinajstić information content (AvgIpc) is 2.48. The van der Waals surface area contributed by atoms with Crippen LogP contribution in [0.15, 0.2) is 18.2 Å². The molecule has 0 radical (unpaired) electrons. The molecule has 0 atom stereocenters. The maximum Gasteiger partial charge on any atom is 0.326 e. The van der Waals surface area contributed by atoms with E-state index in [0.29, 0.717) is 6.54 Å². The summed E-state index contributed by atoms with van der Waals surface area (Å²) in [7, 11) is 3.61. The molecule has 9 nitrogen and oxygen atoms in total. The maximum atomic E-state index is 12.8. The van der Waals surface area contributed by atoms with Crippen molar-refractivity contribution in [1.82, 2.24) is 9.80 Å². The molecule has 0 unspecified atom stereocenters. The third kappa shape index (κ3) is 6.67. The summed E-state index contributed by atoms with van der Waals surface area (Å²) in [6.45, 7) is 5.44. The number of aromatic hydroxyl groups is 1. The predicted molar refractivity (Wildman–Crippen MR) is 95.1 cm³/mol. The highest BCUT2D eigenvalue weighted by Gasteiger charge is 2.28. The third-order valence-electron chi connectivity index (χ3n) is 3.25. The number of nitro groups is 1. The number of nitro benzene ring substituents is 1. The van der Waals surface area contributed by atoms with Crippen molar-refractivity contribution in [2.75, 3.05) is 33.7 Å². The van der Waals surface area contributed by atoms with E-state index in [1.165, 1.54) is 17.0 Å². The Labute approximate surface area is 152 Å². The van der Waals surface area contributed by atoms with Gasteiger partial charge in [0.25, 0.3) is 11.6 Å². The number of likely N-dealkylation sites (N-methyl/N-ethyl adjacent to an activating group) is 1. The van der Waals surface area contributed by atoms with Crippen LogP contribution in [0.1, 0.15) is 31.1 Å². The Hall–Kier alpha value is -2.68. The van der Waals surface area contributed by atoms with Crippen LogP contribution in [-0.4, -0.2) is 71.0 Å². The highest BCUT2D eigenvalue weighted by Crippen LogP contribution is 2.25. The number of phenols is 1. The number of hydrogen-bond donors (Lipinski definition) is 1. The molecule has 1 rings (SSSR count). The third-order valence-corrected chi connectivity index (χ3v) is 3.25. The molecule has 0 aliphatic rings. The first-order chi connectivity index (χ1) is 11.9. The zero-order chi connectivity index (χ0) is 20.1. The van der Waals surface area contributed by atoms with Gasteiger partial charge in [0.05, 0.1) is 11.0 Å². The van der Waals surface area contributed by atoms with Gasteiger partial charge in [0.1, 0.15) is 23.5 Å². The topological polar surface area (TPSA) is 113 Å². The van der Waals surface area contributed by atoms with Gasteiger partial charge in [-0.25, -0.2) is 0 Å². The van der Waals surface area contributed by atoms with E-state index in [9.17, 15) is 24.8 Å². The van der Waals surface area contributed by atoms with Crippen molar-refractivity contribution in [2.24, 2.45) is 0 Å². The molecule has 9 heteroatoms. The lowest BCUT2D eigenvalue weighted by Crippen LogP contribution is -2.42. The van der Waals surface area contributed by atoms with Crippen LogP contribution in [0.5, 0.6) is 5.75 Å². The minimum absolute atomic E-state index is 0.184. The fourth-order valence-electron chi connectivity index (χ4n) is 2.13. The van der Waals surface area contributed by atoms with Gasteiger partial charge < -0.3 is 19.6 Å². The lowest BCUT2D eigenvalue weighted by molar-refractivity contribution is -0.385. The Morgan fingerprint density at radius 2 is 1.85 bits per heavy atom. The summed E-state index contributed by atoms with van der Waals surface area (Å²) in [5, 5.41) is 20.6. The lowest BCUT2D eigenvalue weighted by Gasteiger charge is -2.26. The molecule has 1 N–H and O–H groups in total. The molecular formula is C17H25N3O6. The van der Waals surface area contributed by atoms with Crippen molar-refractivity contribution in [2.45, 2.75) is 26.4 Å². The maximum absolute atomic E-state index is 12.8. The first-order valence-electron chi connectivity index (χ1n) is 8.04. The fourth-order valence-corrected chi connectivity index (χ4v) is 2.13. The summed E-state index contributed by atoms with van der Waals surface area (Å²) in [6, 6.07) is 3.27. The molecule has 0 heterocycles. The Morgan fingerprint density at radius 1 is 1.23 bits per heavy atom. The minimum Gasteiger partial charge on any atom is -0.508 e. The lowest BCUT2D eigenvalue weighted by atomic mass is 10.1. The van der Waals surface area contributed by atoms with E-state index < -0.39 is 28.1 Å². The molecule has 0 fully saturated rings. The number of benzene rings is 1. The molecule has 0 spiro atoms. The van der Waals surface area contributed by atoms with Gasteiger partial charge in [0.2, 0.25) is 0 Å². The zero-order valence-corrected chi connectivity index (χ0v) is 15.7. The van der Waals surface area contributed by atoms with E-state index in [1.54, 1.807) is 34.9 Å². The number of nitrogens with zero attached hydrogens (tertiary/aromatic N) is 3. The van der Waals surface area contributed by atoms with Gasteiger partial charge >= 0.3 is 5.97 Å². The summed E-state index contributed by atoms with van der Waals surface area (Å²) in [4.78, 5) is 38.4. The smallest absolute Gasteiger partial charge is 0.326 e. The average molecular weight is 367 g/mol. The molecule has 0 aliphatic carbocycles. The second kappa shape index (κ2) is 8.61. The van der Waals surface area contributed by atoms with Crippen LogP contribution >= 0.6 is 0 Å². The van der Waals surface area contributed by atoms with E-state index in [-0.39, 0.29) is 24.4 Å². The number of hydrogen-bond acceptors (Lipinski definition) is 7. The van der Waals surface area contributed by atoms with E-state index in [4.69, 9.17) is 4.74 Å². The van der Waals surface area contributed by atoms with E-state index in [1.807, 2.05) is 4.90 Å². The number of esters is 1. The molecule has 1 aromatic carbocycles. The Balaban J connectivity index is 3.12. The summed E-state index contributed by atoms with van der Waals surface area (Å²) in [6.07, 6.45) is 0. The van der Waals surface area contributed by atoms with Crippen molar-refractivity contribution < 1.29 is 24.4 Å². The highest BCUT2D eigenvalue weighted by atomic mass is 16.6. The second-order valence-electron chi connectivity index (χ2n) is 7.07. The van der Waals surface area contributed by atoms with E-state index in [0.717, 1.165) is 6.07 Å². The van der Waals surface area contributed by atoms with Gasteiger partial charge in [-0.2, -0.15) is 0 Å². The number of amides is 1. The summed E-state index contributed by atoms with van der Waals surface area (Å²) < 4.78 is 5.24. The van der Waals surface area contributed by atoms with Crippen molar-refractivity contribution >= 4 is 17.6 Å². The van der Waals surface area contributed by atoms with Gasteiger partial charge in [-0.1, -0.05) is 0 Å². The highest BCUT2D eigenvalue weighted by molar-refractivity contribution is 5.99. The van der Waals surface area contributed by atoms with Crippen LogP contribution in [0.3, 0.4) is 0 Å². The number of carbonyl (C=O) groups is 2. The SMILES string of the molecule is CN(C)CCN(CC(=O)OC(C)(C)C)C(=O)c1ccc(O)cc1[N+](=O)[O-]. The molecule has 26 heavy (non-hydrogen) atoms. The summed E-state index contributed by atoms with van der Waals surface area (Å²) in [5.41, 5.74) is -1.43. The van der Waals surface area contributed by atoms with Crippen LogP contribution < -0.4 is 0 Å². The van der Waals surface area contributed by atoms with Gasteiger partial charge in [0.15, 0.2) is 0 Å². The van der Waals surface area contributed by atoms with E-state index >= 15 is 0 Å². The van der Waals surface area contributed by atoms with Crippen LogP contribution in [0.2, 0.25) is 0 Å². The predicted octanol–water partition coefficient (Wildman–Crippen LogP) is 1.65. The Bertz CT molecular complexity index is 682. The monoisotopic (exact) mass is 367 g/mol. The standard InChI is InChI=1S/C17H25N3O6/c1-17(2,3)26-15(22)11-19(9-8-18(4)5)16(23)13-7-6-12(21)10-14(13)20(24)25/h6-7,10,21H,8-9,11H2,1-5H3. The van der Waals surface area contributed by atoms with Crippen molar-refractivity contribution in [1.29, 1.82) is 0 Å². The molecule has 0 bridgehead atoms. The zero-order valence-electron chi connectivity index (χ0n) is 15.7. The molecule has 0 saturated carbocycles. The molecule has 144 valence electrons. The van der Waals surface area contributed by atoms with Crippen LogP contribution in [0.25, 0.3) is 0 Å². The largest absolute Gasteiger partial charge is 0.508 e. The van der Waals surface area contributed by atoms with Crippen LogP contribution in [0, 0.1) is 10.1 Å². The van der Waals surface area contributed by atoms with Gasteiger partial charge in [-0.3, -0.25) is 19.7 Å². The van der Waals surface area contributed by atoms with Gasteiger partial charge in [0, 0.05) is 13.1 Å². The Morgan fingerprint density at radius 3 is 2.35 bits per heavy atom. The van der Waals surface area contributed by atoms with Crippen LogP contribution in [-0.2, 0) is 9.53 Å². The molecule has 0 saturated heterocycles. The summed E-state index contributed by atoms with van der Waals surface area (Å²) in [5.74, 6) is -1.60. The number of carbonyl (C=O) groups excluding carboxylic acids is 2. The fraction of sp³-hybridized carbons (Fsp3) is 0.529. The summed E-state index contributed by atoms with van der Waals surface area (Å²) >= 11 is 0. The quantitative estimate of drug-likeness (QED) is 0.443. The van der Waals surface area contributed by atoms with Crippen molar-refractivity contribution in [3.8, 4) is 5.75 Å². The van der Waals surface area contributed by atoms with Gasteiger partial charge in [-0.15, -0.1) is 0 Å².